The fourth-order valence-electron chi connectivity index (χ4n) is 2.45. The predicted molar refractivity (Wildman–Crippen MR) is 101 cm³/mol. The van der Waals surface area contributed by atoms with E-state index >= 15 is 0 Å². The van der Waals surface area contributed by atoms with Crippen LogP contribution in [0.5, 0.6) is 0 Å². The molecule has 1 aliphatic heterocycles. The van der Waals surface area contributed by atoms with E-state index in [1.165, 1.54) is 11.5 Å². The monoisotopic (exact) mass is 379 g/mol. The summed E-state index contributed by atoms with van der Waals surface area (Å²) in [5.74, 6) is 1.91. The highest BCUT2D eigenvalue weighted by Gasteiger charge is 2.24. The third-order valence-electron chi connectivity index (χ3n) is 3.80. The lowest BCUT2D eigenvalue weighted by Gasteiger charge is -2.24. The van der Waals surface area contributed by atoms with Crippen LogP contribution in [-0.4, -0.2) is 64.4 Å². The number of carbonyl (C=O) groups excluding carboxylic acids is 1. The third kappa shape index (κ3) is 5.77. The number of rotatable bonds is 6. The van der Waals surface area contributed by atoms with Crippen LogP contribution in [0, 0.1) is 0 Å². The van der Waals surface area contributed by atoms with E-state index in [0.29, 0.717) is 6.54 Å². The maximum atomic E-state index is 12.4. The minimum absolute atomic E-state index is 0. The molecule has 23 heavy (non-hydrogen) atoms. The van der Waals surface area contributed by atoms with E-state index in [2.05, 4.69) is 21.2 Å². The van der Waals surface area contributed by atoms with Gasteiger partial charge in [0.15, 0.2) is 0 Å². The molecule has 9 heteroatoms. The Labute approximate surface area is 152 Å². The van der Waals surface area contributed by atoms with Gasteiger partial charge in [0.25, 0.3) is 0 Å². The van der Waals surface area contributed by atoms with Crippen molar-refractivity contribution in [1.82, 2.24) is 14.3 Å². The van der Waals surface area contributed by atoms with E-state index in [1.807, 2.05) is 11.2 Å². The maximum Gasteiger partial charge on any atom is 0.239 e. The van der Waals surface area contributed by atoms with Crippen LogP contribution in [0.2, 0.25) is 0 Å². The van der Waals surface area contributed by atoms with Crippen LogP contribution in [0.25, 0.3) is 0 Å². The normalized spacial score (nSPS) is 16.7. The fourth-order valence-corrected chi connectivity index (χ4v) is 3.74. The van der Waals surface area contributed by atoms with Gasteiger partial charge in [-0.3, -0.25) is 4.79 Å². The van der Waals surface area contributed by atoms with Crippen LogP contribution in [-0.2, 0) is 11.2 Å². The molecule has 1 amide bonds. The largest absolute Gasteiger partial charge is 0.345 e. The Hall–Kier alpha value is -0.570. The van der Waals surface area contributed by atoms with Crippen LogP contribution in [0.3, 0.4) is 0 Å². The van der Waals surface area contributed by atoms with Crippen molar-refractivity contribution in [1.29, 1.82) is 0 Å². The van der Waals surface area contributed by atoms with Crippen LogP contribution < -0.4 is 10.6 Å². The second-order valence-electron chi connectivity index (χ2n) is 5.40. The SMILES string of the molecule is CCc1nsc(N2CCCN(C(=O)[C@@H](N)CCSC)CC2)n1.Cl. The van der Waals surface area contributed by atoms with Gasteiger partial charge in [-0.2, -0.15) is 16.1 Å². The molecular weight excluding hydrogens is 354 g/mol. The molecule has 0 unspecified atom stereocenters. The van der Waals surface area contributed by atoms with Crippen LogP contribution >= 0.6 is 35.7 Å². The van der Waals surface area contributed by atoms with Crippen LogP contribution in [0.4, 0.5) is 5.13 Å². The van der Waals surface area contributed by atoms with Crippen molar-refractivity contribution in [3.63, 3.8) is 0 Å². The van der Waals surface area contributed by atoms with E-state index in [4.69, 9.17) is 5.73 Å². The zero-order valence-corrected chi connectivity index (χ0v) is 16.2. The highest BCUT2D eigenvalue weighted by molar-refractivity contribution is 7.98. The maximum absolute atomic E-state index is 12.4. The summed E-state index contributed by atoms with van der Waals surface area (Å²) in [4.78, 5) is 21.1. The lowest BCUT2D eigenvalue weighted by atomic mass is 10.2. The predicted octanol–water partition coefficient (Wildman–Crippen LogP) is 1.64. The number of nitrogens with zero attached hydrogens (tertiary/aromatic N) is 4. The summed E-state index contributed by atoms with van der Waals surface area (Å²) in [6.07, 6.45) is 4.59. The van der Waals surface area contributed by atoms with Gasteiger partial charge in [0.05, 0.1) is 6.04 Å². The molecule has 0 aliphatic carbocycles. The Kier molecular flexibility index (Phi) is 9.19. The topological polar surface area (TPSA) is 75.4 Å². The molecule has 0 spiro atoms. The van der Waals surface area contributed by atoms with Crippen molar-refractivity contribution in [3.8, 4) is 0 Å². The van der Waals surface area contributed by atoms with E-state index < -0.39 is 0 Å². The molecule has 0 aromatic carbocycles. The first-order chi connectivity index (χ1) is 10.7. The Morgan fingerprint density at radius 2 is 2.17 bits per heavy atom. The van der Waals surface area contributed by atoms with E-state index in [1.54, 1.807) is 11.8 Å². The Balaban J connectivity index is 0.00000264. The molecule has 0 saturated carbocycles. The smallest absolute Gasteiger partial charge is 0.239 e. The van der Waals surface area contributed by atoms with Gasteiger partial charge in [-0.25, -0.2) is 4.98 Å². The average Bonchev–Trinajstić information content (AvgIpc) is 2.89. The number of anilines is 1. The molecule has 6 nitrogen and oxygen atoms in total. The summed E-state index contributed by atoms with van der Waals surface area (Å²) in [7, 11) is 0. The van der Waals surface area contributed by atoms with Crippen molar-refractivity contribution in [2.75, 3.05) is 43.1 Å². The zero-order chi connectivity index (χ0) is 15.9. The Bertz CT molecular complexity index is 487. The van der Waals surface area contributed by atoms with Crippen molar-refractivity contribution in [3.05, 3.63) is 5.82 Å². The molecule has 2 heterocycles. The molecule has 0 bridgehead atoms. The van der Waals surface area contributed by atoms with Gasteiger partial charge in [-0.15, -0.1) is 12.4 Å². The van der Waals surface area contributed by atoms with E-state index in [0.717, 1.165) is 55.6 Å². The molecule has 1 fully saturated rings. The molecule has 2 rings (SSSR count). The molecule has 1 atom stereocenters. The first-order valence-corrected chi connectivity index (χ1v) is 9.93. The number of hydrogen-bond donors (Lipinski definition) is 1. The molecule has 0 radical (unpaired) electrons. The molecule has 1 aromatic rings. The summed E-state index contributed by atoms with van der Waals surface area (Å²) in [6.45, 7) is 5.28. The molecular formula is C14H26ClN5OS2. The van der Waals surface area contributed by atoms with E-state index in [9.17, 15) is 4.79 Å². The van der Waals surface area contributed by atoms with Gasteiger partial charge in [-0.05, 0) is 24.9 Å². The minimum atomic E-state index is -0.368. The number of halogens is 1. The number of carbonyl (C=O) groups is 1. The number of aryl methyl sites for hydroxylation is 1. The van der Waals surface area contributed by atoms with Crippen molar-refractivity contribution < 1.29 is 4.79 Å². The molecule has 1 saturated heterocycles. The van der Waals surface area contributed by atoms with Gasteiger partial charge in [0, 0.05) is 44.1 Å². The third-order valence-corrected chi connectivity index (χ3v) is 5.26. The lowest BCUT2D eigenvalue weighted by molar-refractivity contribution is -0.132. The summed E-state index contributed by atoms with van der Waals surface area (Å²) in [5.41, 5.74) is 6.01. The first kappa shape index (κ1) is 20.5. The van der Waals surface area contributed by atoms with Gasteiger partial charge >= 0.3 is 0 Å². The fraction of sp³-hybridized carbons (Fsp3) is 0.786. The molecule has 132 valence electrons. The highest BCUT2D eigenvalue weighted by Crippen LogP contribution is 2.19. The number of hydrogen-bond acceptors (Lipinski definition) is 7. The first-order valence-electron chi connectivity index (χ1n) is 7.76. The molecule has 1 aliphatic rings. The van der Waals surface area contributed by atoms with E-state index in [-0.39, 0.29) is 24.4 Å². The summed E-state index contributed by atoms with van der Waals surface area (Å²) in [6, 6.07) is -0.368. The number of nitrogens with two attached hydrogens (primary N) is 1. The average molecular weight is 380 g/mol. The van der Waals surface area contributed by atoms with Gasteiger partial charge in [0.1, 0.15) is 5.82 Å². The second-order valence-corrected chi connectivity index (χ2v) is 7.12. The zero-order valence-electron chi connectivity index (χ0n) is 13.7. The number of aromatic nitrogens is 2. The van der Waals surface area contributed by atoms with Crippen LogP contribution in [0.15, 0.2) is 0 Å². The standard InChI is InChI=1S/C14H25N5OS2.ClH/c1-3-12-16-14(22-17-12)19-7-4-6-18(8-9-19)13(20)11(15)5-10-21-2;/h11H,3-10,15H2,1-2H3;1H/t11-;/m0./s1. The Morgan fingerprint density at radius 1 is 1.39 bits per heavy atom. The highest BCUT2D eigenvalue weighted by atomic mass is 35.5. The van der Waals surface area contributed by atoms with Gasteiger partial charge in [0.2, 0.25) is 11.0 Å². The van der Waals surface area contributed by atoms with Crippen molar-refractivity contribution >= 4 is 46.7 Å². The lowest BCUT2D eigenvalue weighted by Crippen LogP contribution is -2.45. The summed E-state index contributed by atoms with van der Waals surface area (Å²) >= 11 is 3.18. The number of amides is 1. The van der Waals surface area contributed by atoms with Crippen molar-refractivity contribution in [2.45, 2.75) is 32.2 Å². The summed E-state index contributed by atoms with van der Waals surface area (Å²) < 4.78 is 4.34. The minimum Gasteiger partial charge on any atom is -0.345 e. The number of thioether (sulfide) groups is 1. The van der Waals surface area contributed by atoms with Crippen LogP contribution in [0.1, 0.15) is 25.6 Å². The summed E-state index contributed by atoms with van der Waals surface area (Å²) in [5, 5.41) is 0.970. The van der Waals surface area contributed by atoms with Gasteiger partial charge in [-0.1, -0.05) is 6.92 Å². The van der Waals surface area contributed by atoms with Crippen molar-refractivity contribution in [2.24, 2.45) is 5.73 Å². The van der Waals surface area contributed by atoms with Gasteiger partial charge < -0.3 is 15.5 Å². The quantitative estimate of drug-likeness (QED) is 0.809. The Morgan fingerprint density at radius 3 is 2.83 bits per heavy atom. The molecule has 2 N–H and O–H groups in total. The second kappa shape index (κ2) is 10.3. The molecule has 1 aromatic heterocycles.